The maximum absolute atomic E-state index is 11.8. The highest BCUT2D eigenvalue weighted by molar-refractivity contribution is 5.68. The molecule has 5 heteroatoms. The average Bonchev–Trinajstić information content (AvgIpc) is 2.50. The molecule has 0 aliphatic carbocycles. The summed E-state index contributed by atoms with van der Waals surface area (Å²) in [4.78, 5) is 11.8. The van der Waals surface area contributed by atoms with Crippen molar-refractivity contribution in [2.75, 3.05) is 6.61 Å². The summed E-state index contributed by atoms with van der Waals surface area (Å²) < 4.78 is 11.1. The minimum absolute atomic E-state index is 0.171. The van der Waals surface area contributed by atoms with E-state index in [1.54, 1.807) is 20.8 Å². The van der Waals surface area contributed by atoms with Gasteiger partial charge in [0.2, 0.25) is 0 Å². The van der Waals surface area contributed by atoms with Gasteiger partial charge < -0.3 is 19.9 Å². The molecule has 5 nitrogen and oxygen atoms in total. The van der Waals surface area contributed by atoms with Crippen molar-refractivity contribution in [2.45, 2.75) is 71.6 Å². The number of hydrogen-bond donors (Lipinski definition) is 2. The highest BCUT2D eigenvalue weighted by Gasteiger charge is 2.20. The lowest BCUT2D eigenvalue weighted by atomic mass is 10.1. The Morgan fingerprint density at radius 2 is 1.88 bits per heavy atom. The summed E-state index contributed by atoms with van der Waals surface area (Å²) in [5.74, 6) is 0.788. The molecule has 0 saturated heterocycles. The zero-order valence-corrected chi connectivity index (χ0v) is 15.5. The quantitative estimate of drug-likeness (QED) is 0.746. The van der Waals surface area contributed by atoms with Crippen molar-refractivity contribution in [3.05, 3.63) is 29.8 Å². The number of hydrogen-bond acceptors (Lipinski definition) is 4. The lowest BCUT2D eigenvalue weighted by Crippen LogP contribution is -2.36. The molecule has 0 bridgehead atoms. The maximum atomic E-state index is 11.8. The van der Waals surface area contributed by atoms with Gasteiger partial charge in [-0.3, -0.25) is 0 Å². The van der Waals surface area contributed by atoms with E-state index in [0.29, 0.717) is 0 Å². The molecule has 2 atom stereocenters. The number of nitrogens with one attached hydrogen (secondary N) is 1. The van der Waals surface area contributed by atoms with Gasteiger partial charge in [-0.2, -0.15) is 0 Å². The number of aliphatic hydroxyl groups is 1. The number of unbranched alkanes of at least 4 members (excludes halogenated alkanes) is 1. The van der Waals surface area contributed by atoms with Crippen LogP contribution in [-0.4, -0.2) is 29.5 Å². The van der Waals surface area contributed by atoms with Crippen LogP contribution in [0.3, 0.4) is 0 Å². The van der Waals surface area contributed by atoms with E-state index < -0.39 is 17.7 Å². The Balaban J connectivity index is 2.63. The van der Waals surface area contributed by atoms with Gasteiger partial charge in [-0.1, -0.05) is 31.9 Å². The maximum Gasteiger partial charge on any atom is 0.408 e. The van der Waals surface area contributed by atoms with Crippen molar-refractivity contribution < 1.29 is 19.4 Å². The molecule has 2 N–H and O–H groups in total. The molecular formula is C19H31NO4. The van der Waals surface area contributed by atoms with Crippen LogP contribution in [0.2, 0.25) is 0 Å². The second-order valence-corrected chi connectivity index (χ2v) is 7.02. The molecule has 0 radical (unpaired) electrons. The van der Waals surface area contributed by atoms with Crippen molar-refractivity contribution >= 4 is 6.09 Å². The summed E-state index contributed by atoms with van der Waals surface area (Å²) in [5.41, 5.74) is 0.230. The van der Waals surface area contributed by atoms with Gasteiger partial charge in [-0.15, -0.1) is 0 Å². The smallest absolute Gasteiger partial charge is 0.408 e. The monoisotopic (exact) mass is 337 g/mol. The normalized spacial score (nSPS) is 13.9. The molecule has 1 amide bonds. The number of amides is 1. The van der Waals surface area contributed by atoms with Gasteiger partial charge in [0.05, 0.1) is 18.8 Å². The highest BCUT2D eigenvalue weighted by Crippen LogP contribution is 2.20. The number of carbonyl (C=O) groups excluding carboxylic acids is 1. The second kappa shape index (κ2) is 9.52. The molecule has 0 aromatic heterocycles. The minimum atomic E-state index is -0.573. The van der Waals surface area contributed by atoms with Crippen molar-refractivity contribution in [1.29, 1.82) is 0 Å². The van der Waals surface area contributed by atoms with Crippen molar-refractivity contribution in [1.82, 2.24) is 5.32 Å². The number of rotatable bonds is 8. The Labute approximate surface area is 145 Å². The highest BCUT2D eigenvalue weighted by atomic mass is 16.6. The van der Waals surface area contributed by atoms with Crippen molar-refractivity contribution in [3.8, 4) is 5.75 Å². The predicted molar refractivity (Wildman–Crippen MR) is 95.3 cm³/mol. The molecule has 1 aromatic carbocycles. The van der Waals surface area contributed by atoms with Crippen LogP contribution in [0.1, 0.15) is 65.5 Å². The molecular weight excluding hydrogens is 306 g/mol. The molecule has 2 unspecified atom stereocenters. The van der Waals surface area contributed by atoms with E-state index in [-0.39, 0.29) is 12.7 Å². The van der Waals surface area contributed by atoms with Gasteiger partial charge in [0.15, 0.2) is 0 Å². The first-order chi connectivity index (χ1) is 11.2. The van der Waals surface area contributed by atoms with E-state index >= 15 is 0 Å². The van der Waals surface area contributed by atoms with Gasteiger partial charge in [-0.05, 0) is 51.8 Å². The van der Waals surface area contributed by atoms with E-state index in [4.69, 9.17) is 9.47 Å². The van der Waals surface area contributed by atoms with E-state index in [1.807, 2.05) is 24.3 Å². The first kappa shape index (κ1) is 20.3. The van der Waals surface area contributed by atoms with Crippen LogP contribution in [-0.2, 0) is 4.74 Å². The van der Waals surface area contributed by atoms with Gasteiger partial charge >= 0.3 is 6.09 Å². The van der Waals surface area contributed by atoms with Crippen LogP contribution in [0.4, 0.5) is 4.79 Å². The van der Waals surface area contributed by atoms with Crippen molar-refractivity contribution in [2.24, 2.45) is 0 Å². The number of carbonyl (C=O) groups is 1. The van der Waals surface area contributed by atoms with Crippen LogP contribution in [0, 0.1) is 0 Å². The Hall–Kier alpha value is -1.75. The van der Waals surface area contributed by atoms with Crippen molar-refractivity contribution in [3.63, 3.8) is 0 Å². The summed E-state index contributed by atoms with van der Waals surface area (Å²) in [6, 6.07) is 6.90. The second-order valence-electron chi connectivity index (χ2n) is 7.02. The summed E-state index contributed by atoms with van der Waals surface area (Å²) in [5, 5.41) is 12.2. The Morgan fingerprint density at radius 1 is 1.25 bits per heavy atom. The molecule has 0 heterocycles. The lowest BCUT2D eigenvalue weighted by molar-refractivity contribution is 0.0482. The Kier molecular flexibility index (Phi) is 8.05. The Morgan fingerprint density at radius 3 is 2.38 bits per heavy atom. The molecule has 136 valence electrons. The minimum Gasteiger partial charge on any atom is -0.491 e. The average molecular weight is 337 g/mol. The zero-order valence-electron chi connectivity index (χ0n) is 15.5. The first-order valence-electron chi connectivity index (χ1n) is 8.62. The predicted octanol–water partition coefficient (Wildman–Crippen LogP) is 4.20. The number of benzene rings is 1. The fourth-order valence-electron chi connectivity index (χ4n) is 2.25. The van der Waals surface area contributed by atoms with E-state index in [1.165, 1.54) is 0 Å². The molecule has 0 spiro atoms. The third kappa shape index (κ3) is 7.68. The molecule has 1 rings (SSSR count). The van der Waals surface area contributed by atoms with Gasteiger partial charge in [0.1, 0.15) is 11.4 Å². The van der Waals surface area contributed by atoms with E-state index in [0.717, 1.165) is 30.6 Å². The lowest BCUT2D eigenvalue weighted by Gasteiger charge is -2.23. The molecule has 24 heavy (non-hydrogen) atoms. The molecule has 1 aromatic rings. The van der Waals surface area contributed by atoms with Crippen LogP contribution in [0.25, 0.3) is 0 Å². The Bertz CT molecular complexity index is 493. The summed E-state index contributed by atoms with van der Waals surface area (Å²) in [7, 11) is 0. The summed E-state index contributed by atoms with van der Waals surface area (Å²) >= 11 is 0. The van der Waals surface area contributed by atoms with E-state index in [9.17, 15) is 9.90 Å². The molecule has 0 aliphatic rings. The standard InChI is InChI=1S/C19H31NO4/c1-6-7-8-14(2)23-16-11-9-15(10-12-16)17(13-21)20-18(22)24-19(3,4)5/h9-12,14,17,21H,6-8,13H2,1-5H3,(H,20,22). The van der Waals surface area contributed by atoms with Crippen LogP contribution < -0.4 is 10.1 Å². The zero-order chi connectivity index (χ0) is 18.2. The number of alkyl carbamates (subject to hydrolysis) is 1. The molecule has 0 aliphatic heterocycles. The van der Waals surface area contributed by atoms with Gasteiger partial charge in [-0.25, -0.2) is 4.79 Å². The summed E-state index contributed by atoms with van der Waals surface area (Å²) in [6.45, 7) is 9.41. The van der Waals surface area contributed by atoms with Crippen LogP contribution in [0.15, 0.2) is 24.3 Å². The fourth-order valence-corrected chi connectivity index (χ4v) is 2.25. The van der Waals surface area contributed by atoms with Crippen LogP contribution >= 0.6 is 0 Å². The number of ether oxygens (including phenoxy) is 2. The van der Waals surface area contributed by atoms with Gasteiger partial charge in [0.25, 0.3) is 0 Å². The SMILES string of the molecule is CCCCC(C)Oc1ccc(C(CO)NC(=O)OC(C)(C)C)cc1. The topological polar surface area (TPSA) is 67.8 Å². The number of aliphatic hydroxyl groups excluding tert-OH is 1. The van der Waals surface area contributed by atoms with Crippen LogP contribution in [0.5, 0.6) is 5.75 Å². The summed E-state index contributed by atoms with van der Waals surface area (Å²) in [6.07, 6.45) is 2.95. The van der Waals surface area contributed by atoms with Gasteiger partial charge in [0, 0.05) is 0 Å². The fraction of sp³-hybridized carbons (Fsp3) is 0.632. The first-order valence-corrected chi connectivity index (χ1v) is 8.62. The third-order valence-corrected chi connectivity index (χ3v) is 3.46. The molecule has 0 saturated carbocycles. The third-order valence-electron chi connectivity index (χ3n) is 3.46. The largest absolute Gasteiger partial charge is 0.491 e. The molecule has 0 fully saturated rings. The van der Waals surface area contributed by atoms with E-state index in [2.05, 4.69) is 19.2 Å².